The van der Waals surface area contributed by atoms with Crippen LogP contribution in [0.3, 0.4) is 0 Å². The van der Waals surface area contributed by atoms with Crippen LogP contribution in [0.4, 0.5) is 5.69 Å². The number of halogens is 1. The van der Waals surface area contributed by atoms with Crippen LogP contribution in [0.5, 0.6) is 0 Å². The Kier molecular flexibility index (Phi) is 6.34. The van der Waals surface area contributed by atoms with Crippen molar-refractivity contribution in [2.24, 2.45) is 0 Å². The Balaban J connectivity index is 2.05. The third kappa shape index (κ3) is 4.81. The maximum atomic E-state index is 12.4. The second-order valence-corrected chi connectivity index (χ2v) is 5.54. The Hall–Kier alpha value is -2.38. The van der Waals surface area contributed by atoms with Gasteiger partial charge in [0.1, 0.15) is 0 Å². The molecule has 2 aromatic rings. The lowest BCUT2D eigenvalue weighted by Gasteiger charge is -2.11. The smallest absolute Gasteiger partial charge is 0.253 e. The molecule has 2 N–H and O–H groups in total. The fourth-order valence-electron chi connectivity index (χ4n) is 2.13. The number of carbonyl (C=O) groups excluding carboxylic acids is 2. The van der Waals surface area contributed by atoms with E-state index in [-0.39, 0.29) is 11.8 Å². The van der Waals surface area contributed by atoms with Gasteiger partial charge in [0, 0.05) is 32.5 Å². The van der Waals surface area contributed by atoms with Gasteiger partial charge in [0.15, 0.2) is 0 Å². The average Bonchev–Trinajstić information content (AvgIpc) is 2.99. The summed E-state index contributed by atoms with van der Waals surface area (Å²) in [6, 6.07) is 4.76. The first-order valence-electron chi connectivity index (χ1n) is 7.34. The summed E-state index contributed by atoms with van der Waals surface area (Å²) in [7, 11) is 1.63. The van der Waals surface area contributed by atoms with E-state index in [4.69, 9.17) is 16.3 Å². The number of ether oxygens (including phenoxy) is 1. The zero-order valence-electron chi connectivity index (χ0n) is 13.5. The first kappa shape index (κ1) is 18.0. The Labute approximate surface area is 145 Å². The third-order valence-corrected chi connectivity index (χ3v) is 3.63. The van der Waals surface area contributed by atoms with Crippen LogP contribution in [0.2, 0.25) is 5.02 Å². The van der Waals surface area contributed by atoms with Crippen LogP contribution >= 0.6 is 11.6 Å². The highest BCUT2D eigenvalue weighted by Crippen LogP contribution is 2.20. The fourth-order valence-corrected chi connectivity index (χ4v) is 2.34. The largest absolute Gasteiger partial charge is 0.383 e. The predicted octanol–water partition coefficient (Wildman–Crippen LogP) is 2.07. The Bertz CT molecular complexity index is 730. The summed E-state index contributed by atoms with van der Waals surface area (Å²) in [5, 5.41) is 5.74. The molecule has 0 radical (unpaired) electrons. The van der Waals surface area contributed by atoms with Gasteiger partial charge in [-0.15, -0.1) is 0 Å². The monoisotopic (exact) mass is 350 g/mol. The first-order chi connectivity index (χ1) is 11.5. The maximum absolute atomic E-state index is 12.4. The topological polar surface area (TPSA) is 85.2 Å². The van der Waals surface area contributed by atoms with E-state index >= 15 is 0 Å². The van der Waals surface area contributed by atoms with E-state index in [1.807, 2.05) is 4.57 Å². The molecule has 7 nitrogen and oxygen atoms in total. The van der Waals surface area contributed by atoms with Crippen LogP contribution in [0, 0.1) is 0 Å². The van der Waals surface area contributed by atoms with Gasteiger partial charge >= 0.3 is 0 Å². The number of imidazole rings is 1. The van der Waals surface area contributed by atoms with Gasteiger partial charge in [-0.1, -0.05) is 11.6 Å². The Morgan fingerprint density at radius 2 is 2.17 bits per heavy atom. The minimum absolute atomic E-state index is 0.217. The van der Waals surface area contributed by atoms with Crippen LogP contribution in [0.15, 0.2) is 30.7 Å². The van der Waals surface area contributed by atoms with Crippen LogP contribution in [-0.2, 0) is 22.6 Å². The maximum Gasteiger partial charge on any atom is 0.253 e. The zero-order chi connectivity index (χ0) is 17.5. The Morgan fingerprint density at radius 1 is 1.38 bits per heavy atom. The number of anilines is 1. The molecule has 8 heteroatoms. The summed E-state index contributed by atoms with van der Waals surface area (Å²) in [4.78, 5) is 27.6. The van der Waals surface area contributed by atoms with Crippen molar-refractivity contribution in [2.75, 3.05) is 19.0 Å². The number of rotatable bonds is 7. The number of nitrogens with zero attached hydrogens (tertiary/aromatic N) is 2. The van der Waals surface area contributed by atoms with Gasteiger partial charge in [0.25, 0.3) is 5.91 Å². The van der Waals surface area contributed by atoms with Gasteiger partial charge in [-0.3, -0.25) is 9.59 Å². The summed E-state index contributed by atoms with van der Waals surface area (Å²) in [5.74, 6) is -0.544. The number of carbonyl (C=O) groups is 2. The molecule has 0 spiro atoms. The van der Waals surface area contributed by atoms with Gasteiger partial charge in [0.05, 0.1) is 35.8 Å². The SMILES string of the molecule is COCCn1cncc1CNC(=O)c1cc(NC(C)=O)ccc1Cl. The molecular weight excluding hydrogens is 332 g/mol. The molecule has 0 saturated heterocycles. The van der Waals surface area contributed by atoms with Crippen molar-refractivity contribution in [1.29, 1.82) is 0 Å². The number of benzene rings is 1. The molecule has 0 unspecified atom stereocenters. The molecule has 2 rings (SSSR count). The highest BCUT2D eigenvalue weighted by atomic mass is 35.5. The van der Waals surface area contributed by atoms with Crippen molar-refractivity contribution in [3.8, 4) is 0 Å². The molecule has 0 aliphatic heterocycles. The summed E-state index contributed by atoms with van der Waals surface area (Å²) >= 11 is 6.08. The first-order valence-corrected chi connectivity index (χ1v) is 7.72. The average molecular weight is 351 g/mol. The zero-order valence-corrected chi connectivity index (χ0v) is 14.3. The molecule has 0 fully saturated rings. The molecule has 0 bridgehead atoms. The number of nitrogens with one attached hydrogen (secondary N) is 2. The number of hydrogen-bond acceptors (Lipinski definition) is 4. The highest BCUT2D eigenvalue weighted by molar-refractivity contribution is 6.34. The van der Waals surface area contributed by atoms with E-state index in [0.717, 1.165) is 5.69 Å². The van der Waals surface area contributed by atoms with Crippen molar-refractivity contribution in [1.82, 2.24) is 14.9 Å². The van der Waals surface area contributed by atoms with Crippen LogP contribution in [0.25, 0.3) is 0 Å². The summed E-state index contributed by atoms with van der Waals surface area (Å²) < 4.78 is 6.94. The van der Waals surface area contributed by atoms with Crippen LogP contribution < -0.4 is 10.6 Å². The van der Waals surface area contributed by atoms with Crippen LogP contribution in [0.1, 0.15) is 23.0 Å². The van der Waals surface area contributed by atoms with Crippen molar-refractivity contribution >= 4 is 29.1 Å². The van der Waals surface area contributed by atoms with Gasteiger partial charge < -0.3 is 19.9 Å². The van der Waals surface area contributed by atoms with Crippen molar-refractivity contribution in [3.05, 3.63) is 47.0 Å². The lowest BCUT2D eigenvalue weighted by Crippen LogP contribution is -2.25. The van der Waals surface area contributed by atoms with Crippen molar-refractivity contribution < 1.29 is 14.3 Å². The number of amides is 2. The number of aromatic nitrogens is 2. The minimum atomic E-state index is -0.327. The van der Waals surface area contributed by atoms with E-state index < -0.39 is 0 Å². The third-order valence-electron chi connectivity index (χ3n) is 3.30. The van der Waals surface area contributed by atoms with E-state index in [1.54, 1.807) is 37.8 Å². The lowest BCUT2D eigenvalue weighted by molar-refractivity contribution is -0.114. The molecule has 0 saturated carbocycles. The minimum Gasteiger partial charge on any atom is -0.383 e. The van der Waals surface area contributed by atoms with E-state index in [0.29, 0.717) is 36.0 Å². The second kappa shape index (κ2) is 8.47. The quantitative estimate of drug-likeness (QED) is 0.800. The van der Waals surface area contributed by atoms with E-state index in [9.17, 15) is 9.59 Å². The fraction of sp³-hybridized carbons (Fsp3) is 0.312. The predicted molar refractivity (Wildman–Crippen MR) is 91.0 cm³/mol. The highest BCUT2D eigenvalue weighted by Gasteiger charge is 2.12. The molecule has 0 aliphatic rings. The molecule has 1 aromatic heterocycles. The summed E-state index contributed by atoms with van der Waals surface area (Å²) in [5.41, 5.74) is 1.67. The standard InChI is InChI=1S/C16H19ClN4O3/c1-11(22)20-12-3-4-15(17)14(7-12)16(23)19-9-13-8-18-10-21(13)5-6-24-2/h3-4,7-8,10H,5-6,9H2,1-2H3,(H,19,23)(H,20,22). The molecule has 1 aromatic carbocycles. The molecule has 128 valence electrons. The molecule has 24 heavy (non-hydrogen) atoms. The number of methoxy groups -OCH3 is 1. The van der Waals surface area contributed by atoms with E-state index in [2.05, 4.69) is 15.6 Å². The van der Waals surface area contributed by atoms with Gasteiger partial charge in [-0.05, 0) is 18.2 Å². The van der Waals surface area contributed by atoms with Crippen molar-refractivity contribution in [3.63, 3.8) is 0 Å². The van der Waals surface area contributed by atoms with Gasteiger partial charge in [-0.25, -0.2) is 4.98 Å². The molecule has 0 atom stereocenters. The van der Waals surface area contributed by atoms with Crippen molar-refractivity contribution in [2.45, 2.75) is 20.0 Å². The molecule has 1 heterocycles. The van der Waals surface area contributed by atoms with Crippen LogP contribution in [-0.4, -0.2) is 35.1 Å². The lowest BCUT2D eigenvalue weighted by atomic mass is 10.2. The number of hydrogen-bond donors (Lipinski definition) is 2. The Morgan fingerprint density at radius 3 is 2.88 bits per heavy atom. The van der Waals surface area contributed by atoms with Gasteiger partial charge in [0.2, 0.25) is 5.91 Å². The summed E-state index contributed by atoms with van der Waals surface area (Å²) in [6.07, 6.45) is 3.37. The summed E-state index contributed by atoms with van der Waals surface area (Å²) in [6.45, 7) is 2.92. The molecule has 2 amide bonds. The van der Waals surface area contributed by atoms with E-state index in [1.165, 1.54) is 6.92 Å². The van der Waals surface area contributed by atoms with Gasteiger partial charge in [-0.2, -0.15) is 0 Å². The molecule has 0 aliphatic carbocycles. The molecular formula is C16H19ClN4O3. The second-order valence-electron chi connectivity index (χ2n) is 5.13. The normalized spacial score (nSPS) is 10.5.